The highest BCUT2D eigenvalue weighted by Gasteiger charge is 2.12. The summed E-state index contributed by atoms with van der Waals surface area (Å²) in [5, 5.41) is 9.72. The van der Waals surface area contributed by atoms with Crippen LogP contribution in [0.2, 0.25) is 0 Å². The van der Waals surface area contributed by atoms with Gasteiger partial charge in [-0.3, -0.25) is 0 Å². The molecule has 0 aliphatic rings. The first-order valence-corrected chi connectivity index (χ1v) is 9.97. The standard InChI is InChI=1S/C24H27N3O2/c1-6-17(5)29-22-9-8-18(13-23(22)28-7-2)12-19(14-25)24-26-20-10-15(3)16(4)11-21(20)27-24/h8-13,17H,6-7H2,1-5H3,(H,26,27)/b19-12+/t17-/m1/s1. The lowest BCUT2D eigenvalue weighted by atomic mass is 10.1. The zero-order chi connectivity index (χ0) is 21.0. The third kappa shape index (κ3) is 4.60. The van der Waals surface area contributed by atoms with E-state index in [1.807, 2.05) is 44.2 Å². The molecular weight excluding hydrogens is 362 g/mol. The van der Waals surface area contributed by atoms with Crippen LogP contribution in [0.3, 0.4) is 0 Å². The van der Waals surface area contributed by atoms with Gasteiger partial charge < -0.3 is 14.5 Å². The molecule has 1 N–H and O–H groups in total. The fourth-order valence-corrected chi connectivity index (χ4v) is 3.00. The smallest absolute Gasteiger partial charge is 0.161 e. The average molecular weight is 389 g/mol. The Morgan fingerprint density at radius 1 is 1.17 bits per heavy atom. The van der Waals surface area contributed by atoms with Crippen LogP contribution in [0.4, 0.5) is 0 Å². The lowest BCUT2D eigenvalue weighted by Gasteiger charge is -2.16. The summed E-state index contributed by atoms with van der Waals surface area (Å²) in [4.78, 5) is 7.87. The summed E-state index contributed by atoms with van der Waals surface area (Å²) >= 11 is 0. The molecule has 3 rings (SSSR count). The maximum atomic E-state index is 9.72. The Labute approximate surface area is 172 Å². The Kier molecular flexibility index (Phi) is 6.23. The minimum Gasteiger partial charge on any atom is -0.490 e. The lowest BCUT2D eigenvalue weighted by Crippen LogP contribution is -2.10. The summed E-state index contributed by atoms with van der Waals surface area (Å²) in [6.45, 7) is 10.7. The number of aromatic amines is 1. The van der Waals surface area contributed by atoms with Gasteiger partial charge in [-0.05, 0) is 81.1 Å². The topological polar surface area (TPSA) is 70.9 Å². The van der Waals surface area contributed by atoms with Crippen molar-refractivity contribution in [3.05, 3.63) is 52.8 Å². The lowest BCUT2D eigenvalue weighted by molar-refractivity contribution is 0.203. The minimum absolute atomic E-state index is 0.104. The molecule has 5 nitrogen and oxygen atoms in total. The van der Waals surface area contributed by atoms with Crippen molar-refractivity contribution < 1.29 is 9.47 Å². The number of ether oxygens (including phenoxy) is 2. The second kappa shape index (κ2) is 8.83. The van der Waals surface area contributed by atoms with Crippen LogP contribution >= 0.6 is 0 Å². The van der Waals surface area contributed by atoms with Crippen LogP contribution in [0.5, 0.6) is 11.5 Å². The third-order valence-corrected chi connectivity index (χ3v) is 4.95. The molecule has 0 saturated heterocycles. The number of hydrogen-bond donors (Lipinski definition) is 1. The average Bonchev–Trinajstić information content (AvgIpc) is 3.10. The van der Waals surface area contributed by atoms with Crippen LogP contribution in [0.1, 0.15) is 49.7 Å². The molecule has 0 saturated carbocycles. The number of benzene rings is 2. The van der Waals surface area contributed by atoms with Gasteiger partial charge in [0.25, 0.3) is 0 Å². The molecular formula is C24H27N3O2. The number of allylic oxidation sites excluding steroid dienone is 1. The molecule has 29 heavy (non-hydrogen) atoms. The summed E-state index contributed by atoms with van der Waals surface area (Å²) in [6.07, 6.45) is 2.83. The molecule has 0 spiro atoms. The number of fused-ring (bicyclic) bond motifs is 1. The number of nitrogens with zero attached hydrogens (tertiary/aromatic N) is 2. The van der Waals surface area contributed by atoms with Crippen molar-refractivity contribution in [1.82, 2.24) is 9.97 Å². The van der Waals surface area contributed by atoms with E-state index >= 15 is 0 Å². The third-order valence-electron chi connectivity index (χ3n) is 4.95. The van der Waals surface area contributed by atoms with Gasteiger partial charge in [0.2, 0.25) is 0 Å². The highest BCUT2D eigenvalue weighted by molar-refractivity contribution is 5.90. The molecule has 0 aliphatic heterocycles. The van der Waals surface area contributed by atoms with Crippen molar-refractivity contribution in [1.29, 1.82) is 5.26 Å². The summed E-state index contributed by atoms with van der Waals surface area (Å²) in [5.41, 5.74) is 5.47. The van der Waals surface area contributed by atoms with Crippen LogP contribution < -0.4 is 9.47 Å². The number of H-pyrrole nitrogens is 1. The first-order chi connectivity index (χ1) is 13.9. The van der Waals surface area contributed by atoms with Crippen molar-refractivity contribution in [2.75, 3.05) is 6.61 Å². The van der Waals surface area contributed by atoms with Crippen LogP contribution in [-0.4, -0.2) is 22.7 Å². The van der Waals surface area contributed by atoms with E-state index in [1.165, 1.54) is 11.1 Å². The molecule has 0 aliphatic carbocycles. The van der Waals surface area contributed by atoms with Gasteiger partial charge in [-0.2, -0.15) is 5.26 Å². The highest BCUT2D eigenvalue weighted by Crippen LogP contribution is 2.31. The van der Waals surface area contributed by atoms with E-state index in [9.17, 15) is 5.26 Å². The largest absolute Gasteiger partial charge is 0.490 e. The van der Waals surface area contributed by atoms with E-state index in [0.29, 0.717) is 29.5 Å². The Bertz CT molecular complexity index is 1050. The zero-order valence-corrected chi connectivity index (χ0v) is 17.7. The van der Waals surface area contributed by atoms with E-state index < -0.39 is 0 Å². The van der Waals surface area contributed by atoms with E-state index in [4.69, 9.17) is 9.47 Å². The van der Waals surface area contributed by atoms with Crippen LogP contribution in [-0.2, 0) is 0 Å². The summed E-state index contributed by atoms with van der Waals surface area (Å²) in [6, 6.07) is 12.1. The van der Waals surface area contributed by atoms with Crippen molar-refractivity contribution in [2.24, 2.45) is 0 Å². The molecule has 1 heterocycles. The molecule has 1 aromatic heterocycles. The Morgan fingerprint density at radius 3 is 2.62 bits per heavy atom. The number of aromatic nitrogens is 2. The predicted molar refractivity (Wildman–Crippen MR) is 117 cm³/mol. The Morgan fingerprint density at radius 2 is 1.93 bits per heavy atom. The van der Waals surface area contributed by atoms with Gasteiger partial charge in [-0.1, -0.05) is 13.0 Å². The van der Waals surface area contributed by atoms with Gasteiger partial charge in [0.05, 0.1) is 29.3 Å². The van der Waals surface area contributed by atoms with Crippen molar-refractivity contribution >= 4 is 22.7 Å². The normalized spacial score (nSPS) is 12.6. The number of imidazole rings is 1. The van der Waals surface area contributed by atoms with Crippen molar-refractivity contribution in [3.8, 4) is 17.6 Å². The fraction of sp³-hybridized carbons (Fsp3) is 0.333. The van der Waals surface area contributed by atoms with Crippen LogP contribution in [0.15, 0.2) is 30.3 Å². The van der Waals surface area contributed by atoms with Gasteiger partial charge in [0, 0.05) is 0 Å². The van der Waals surface area contributed by atoms with Crippen molar-refractivity contribution in [3.63, 3.8) is 0 Å². The minimum atomic E-state index is 0.104. The summed E-state index contributed by atoms with van der Waals surface area (Å²) < 4.78 is 11.7. The SMILES string of the molecule is CCOc1cc(/C=C(\C#N)c2nc3cc(C)c(C)cc3[nH]2)ccc1O[C@H](C)CC. The molecule has 3 aromatic rings. The maximum absolute atomic E-state index is 9.72. The number of aryl methyl sites for hydroxylation is 2. The first-order valence-electron chi connectivity index (χ1n) is 9.97. The first kappa shape index (κ1) is 20.5. The van der Waals surface area contributed by atoms with Crippen LogP contribution in [0, 0.1) is 25.2 Å². The van der Waals surface area contributed by atoms with E-state index in [1.54, 1.807) is 0 Å². The molecule has 0 unspecified atom stereocenters. The molecule has 150 valence electrons. The molecule has 0 bridgehead atoms. The predicted octanol–water partition coefficient (Wildman–Crippen LogP) is 5.82. The van der Waals surface area contributed by atoms with Gasteiger partial charge in [0.1, 0.15) is 11.9 Å². The second-order valence-corrected chi connectivity index (χ2v) is 7.18. The van der Waals surface area contributed by atoms with Gasteiger partial charge >= 0.3 is 0 Å². The number of nitrogens with one attached hydrogen (secondary N) is 1. The van der Waals surface area contributed by atoms with Crippen molar-refractivity contribution in [2.45, 2.75) is 47.1 Å². The maximum Gasteiger partial charge on any atom is 0.161 e. The number of nitriles is 1. The van der Waals surface area contributed by atoms with Crippen LogP contribution in [0.25, 0.3) is 22.7 Å². The van der Waals surface area contributed by atoms with Gasteiger partial charge in [-0.15, -0.1) is 0 Å². The Balaban J connectivity index is 1.98. The fourth-order valence-electron chi connectivity index (χ4n) is 3.00. The molecule has 1 atom stereocenters. The monoisotopic (exact) mass is 389 g/mol. The molecule has 0 fully saturated rings. The molecule has 2 aromatic carbocycles. The molecule has 5 heteroatoms. The van der Waals surface area contributed by atoms with E-state index in [0.717, 1.165) is 23.0 Å². The van der Waals surface area contributed by atoms with Gasteiger partial charge in [0.15, 0.2) is 11.5 Å². The second-order valence-electron chi connectivity index (χ2n) is 7.18. The van der Waals surface area contributed by atoms with Gasteiger partial charge in [-0.25, -0.2) is 4.98 Å². The number of hydrogen-bond acceptors (Lipinski definition) is 4. The molecule has 0 radical (unpaired) electrons. The number of rotatable bonds is 7. The Hall–Kier alpha value is -3.26. The zero-order valence-electron chi connectivity index (χ0n) is 17.7. The summed E-state index contributed by atoms with van der Waals surface area (Å²) in [7, 11) is 0. The quantitative estimate of drug-likeness (QED) is 0.517. The van der Waals surface area contributed by atoms with E-state index in [-0.39, 0.29) is 6.10 Å². The highest BCUT2D eigenvalue weighted by atomic mass is 16.5. The summed E-state index contributed by atoms with van der Waals surface area (Å²) in [5.74, 6) is 1.95. The van der Waals surface area contributed by atoms with E-state index in [2.05, 4.69) is 42.9 Å². The molecule has 0 amide bonds.